The third-order valence-electron chi connectivity index (χ3n) is 8.82. The summed E-state index contributed by atoms with van der Waals surface area (Å²) in [6, 6.07) is 13.1. The lowest BCUT2D eigenvalue weighted by Gasteiger charge is -2.39. The topological polar surface area (TPSA) is 116 Å². The summed E-state index contributed by atoms with van der Waals surface area (Å²) >= 11 is 0. The number of fused-ring (bicyclic) bond motifs is 3. The van der Waals surface area contributed by atoms with Crippen LogP contribution in [0.3, 0.4) is 0 Å². The van der Waals surface area contributed by atoms with Gasteiger partial charge in [0, 0.05) is 24.0 Å². The number of nitriles is 1. The van der Waals surface area contributed by atoms with Crippen LogP contribution < -0.4 is 10.9 Å². The molecule has 2 aliphatic heterocycles. The van der Waals surface area contributed by atoms with Gasteiger partial charge in [-0.15, -0.1) is 0 Å². The molecule has 4 heterocycles. The maximum Gasteiger partial charge on any atom is 0.410 e. The van der Waals surface area contributed by atoms with Crippen molar-refractivity contribution in [2.24, 2.45) is 5.92 Å². The average Bonchev–Trinajstić information content (AvgIpc) is 3.42. The molecule has 0 radical (unpaired) electrons. The molecule has 9 nitrogen and oxygen atoms in total. The summed E-state index contributed by atoms with van der Waals surface area (Å²) in [6.45, 7) is 5.74. The Morgan fingerprint density at radius 1 is 1.07 bits per heavy atom. The summed E-state index contributed by atoms with van der Waals surface area (Å²) in [5, 5.41) is 18.5. The molecule has 2 aromatic heterocycles. The quantitative estimate of drug-likeness (QED) is 0.396. The summed E-state index contributed by atoms with van der Waals surface area (Å²) in [4.78, 5) is 30.5. The number of rotatable bonds is 4. The van der Waals surface area contributed by atoms with Crippen molar-refractivity contribution >= 4 is 28.5 Å². The third kappa shape index (κ3) is 4.96. The highest BCUT2D eigenvalue weighted by Crippen LogP contribution is 2.44. The van der Waals surface area contributed by atoms with Crippen LogP contribution in [0.2, 0.25) is 0 Å². The molecule has 0 spiro atoms. The number of nitrogens with zero attached hydrogens (tertiary/aromatic N) is 4. The van der Waals surface area contributed by atoms with Gasteiger partial charge in [0.25, 0.3) is 5.56 Å². The number of hydrogen-bond donors (Lipinski definition) is 2. The van der Waals surface area contributed by atoms with Crippen LogP contribution in [0.25, 0.3) is 10.9 Å². The van der Waals surface area contributed by atoms with E-state index in [2.05, 4.69) is 28.5 Å². The molecule has 5 atom stereocenters. The van der Waals surface area contributed by atoms with E-state index in [0.717, 1.165) is 62.6 Å². The number of hydrogen-bond acceptors (Lipinski definition) is 6. The van der Waals surface area contributed by atoms with Crippen molar-refractivity contribution in [3.8, 4) is 6.07 Å². The SMILES string of the molecule is CC(C)(C)OC(=O)N1[C@@H]2CC[C@H]1C[C@@H](c1ccc(Nc3nn([C@H]4CCCCC4C#N)c4cc[nH]c(=O)c34)cc1)C2. The first-order chi connectivity index (χ1) is 19.2. The largest absolute Gasteiger partial charge is 0.444 e. The van der Waals surface area contributed by atoms with Crippen molar-refractivity contribution in [1.82, 2.24) is 19.7 Å². The summed E-state index contributed by atoms with van der Waals surface area (Å²) in [7, 11) is 0. The lowest BCUT2D eigenvalue weighted by molar-refractivity contribution is 0.00584. The number of nitrogens with one attached hydrogen (secondary N) is 2. The summed E-state index contributed by atoms with van der Waals surface area (Å²) in [5.74, 6) is 0.790. The van der Waals surface area contributed by atoms with Gasteiger partial charge in [0.2, 0.25) is 0 Å². The zero-order valence-corrected chi connectivity index (χ0v) is 23.5. The van der Waals surface area contributed by atoms with Gasteiger partial charge >= 0.3 is 6.09 Å². The monoisotopic (exact) mass is 542 g/mol. The minimum Gasteiger partial charge on any atom is -0.444 e. The van der Waals surface area contributed by atoms with Gasteiger partial charge in [-0.05, 0) is 89.0 Å². The molecular formula is C31H38N6O3. The standard InChI is InChI=1S/C31H38N6O3/c1-31(2,3)40-30(39)36-23-12-13-24(36)17-21(16-23)19-8-10-22(11-9-19)34-28-27-26(14-15-33-29(27)38)37(35-28)25-7-5-4-6-20(25)18-32/h8-11,14-15,20-21,23-25H,4-7,12-13,16-17H2,1-3H3,(H,33,38)(H,34,35)/t20?,21-,23+,24-,25-/m0/s1. The normalized spacial score (nSPS) is 26.4. The number of piperidine rings is 1. The fourth-order valence-corrected chi connectivity index (χ4v) is 7.03. The van der Waals surface area contributed by atoms with Gasteiger partial charge in [0.15, 0.2) is 5.82 Å². The van der Waals surface area contributed by atoms with E-state index in [9.17, 15) is 14.9 Å². The zero-order valence-electron chi connectivity index (χ0n) is 23.5. The first-order valence-corrected chi connectivity index (χ1v) is 14.6. The molecule has 1 aliphatic carbocycles. The highest BCUT2D eigenvalue weighted by Gasteiger charge is 2.45. The lowest BCUT2D eigenvalue weighted by Crippen LogP contribution is -2.48. The molecule has 40 heavy (non-hydrogen) atoms. The predicted octanol–water partition coefficient (Wildman–Crippen LogP) is 6.37. The van der Waals surface area contributed by atoms with Crippen molar-refractivity contribution < 1.29 is 9.53 Å². The number of H-pyrrole nitrogens is 1. The maximum absolute atomic E-state index is 12.9. The number of anilines is 2. The summed E-state index contributed by atoms with van der Waals surface area (Å²) < 4.78 is 7.58. The molecular weight excluding hydrogens is 504 g/mol. The smallest absolute Gasteiger partial charge is 0.410 e. The molecule has 3 aromatic rings. The summed E-state index contributed by atoms with van der Waals surface area (Å²) in [5.41, 5.74) is 2.18. The van der Waals surface area contributed by atoms with Crippen LogP contribution in [-0.4, -0.2) is 43.4 Å². The number of ether oxygens (including phenoxy) is 1. The van der Waals surface area contributed by atoms with E-state index in [1.165, 1.54) is 5.56 Å². The molecule has 210 valence electrons. The number of benzene rings is 1. The molecule has 1 aromatic carbocycles. The zero-order chi connectivity index (χ0) is 28.0. The van der Waals surface area contributed by atoms with E-state index < -0.39 is 5.60 Å². The van der Waals surface area contributed by atoms with Crippen molar-refractivity contribution in [2.45, 2.75) is 102 Å². The van der Waals surface area contributed by atoms with Gasteiger partial charge in [0.1, 0.15) is 11.0 Å². The lowest BCUT2D eigenvalue weighted by atomic mass is 9.85. The van der Waals surface area contributed by atoms with Gasteiger partial charge in [0.05, 0.1) is 23.5 Å². The van der Waals surface area contributed by atoms with Crippen molar-refractivity contribution in [2.75, 3.05) is 5.32 Å². The number of pyridine rings is 1. The molecule has 2 bridgehead atoms. The van der Waals surface area contributed by atoms with Gasteiger partial charge in [-0.2, -0.15) is 10.4 Å². The Bertz CT molecular complexity index is 1480. The van der Waals surface area contributed by atoms with Crippen LogP contribution in [-0.2, 0) is 4.74 Å². The fourth-order valence-electron chi connectivity index (χ4n) is 7.03. The van der Waals surface area contributed by atoms with Crippen LogP contribution in [0.15, 0.2) is 41.3 Å². The molecule has 1 amide bonds. The van der Waals surface area contributed by atoms with Gasteiger partial charge in [-0.25, -0.2) is 4.79 Å². The van der Waals surface area contributed by atoms with Crippen molar-refractivity contribution in [3.05, 3.63) is 52.4 Å². The van der Waals surface area contributed by atoms with Crippen molar-refractivity contribution in [3.63, 3.8) is 0 Å². The number of carbonyl (C=O) groups is 1. The third-order valence-corrected chi connectivity index (χ3v) is 8.82. The second kappa shape index (κ2) is 10.3. The molecule has 1 unspecified atom stereocenters. The Labute approximate surface area is 234 Å². The van der Waals surface area contributed by atoms with E-state index in [4.69, 9.17) is 9.84 Å². The molecule has 3 aliphatic rings. The number of aromatic nitrogens is 3. The highest BCUT2D eigenvalue weighted by atomic mass is 16.6. The van der Waals surface area contributed by atoms with Crippen LogP contribution >= 0.6 is 0 Å². The van der Waals surface area contributed by atoms with Gasteiger partial charge in [-0.1, -0.05) is 25.0 Å². The average molecular weight is 543 g/mol. The Morgan fingerprint density at radius 2 is 1.77 bits per heavy atom. The molecule has 1 saturated carbocycles. The Kier molecular flexibility index (Phi) is 6.81. The van der Waals surface area contributed by atoms with E-state index in [1.54, 1.807) is 6.20 Å². The Hall–Kier alpha value is -3.80. The first-order valence-electron chi connectivity index (χ1n) is 14.6. The minimum atomic E-state index is -0.490. The molecule has 2 N–H and O–H groups in total. The maximum atomic E-state index is 12.9. The minimum absolute atomic E-state index is 0.0390. The van der Waals surface area contributed by atoms with Crippen LogP contribution in [0.4, 0.5) is 16.3 Å². The highest BCUT2D eigenvalue weighted by molar-refractivity contribution is 5.91. The number of aromatic amines is 1. The summed E-state index contributed by atoms with van der Waals surface area (Å²) in [6.07, 6.45) is 9.22. The van der Waals surface area contributed by atoms with Crippen LogP contribution in [0.1, 0.15) is 89.7 Å². The van der Waals surface area contributed by atoms with E-state index in [-0.39, 0.29) is 35.7 Å². The Morgan fingerprint density at radius 3 is 2.45 bits per heavy atom. The first kappa shape index (κ1) is 26.4. The van der Waals surface area contributed by atoms with E-state index in [0.29, 0.717) is 17.1 Å². The molecule has 9 heteroatoms. The molecule has 6 rings (SSSR count). The van der Waals surface area contributed by atoms with Crippen molar-refractivity contribution in [1.29, 1.82) is 5.26 Å². The number of amides is 1. The second-order valence-electron chi connectivity index (χ2n) is 12.6. The molecule has 3 fully saturated rings. The Balaban J connectivity index is 1.20. The fraction of sp³-hybridized carbons (Fsp3) is 0.548. The van der Waals surface area contributed by atoms with E-state index in [1.807, 2.05) is 48.6 Å². The van der Waals surface area contributed by atoms with Crippen LogP contribution in [0, 0.1) is 17.2 Å². The predicted molar refractivity (Wildman–Crippen MR) is 154 cm³/mol. The molecule has 2 saturated heterocycles. The second-order valence-corrected chi connectivity index (χ2v) is 12.6. The van der Waals surface area contributed by atoms with E-state index >= 15 is 0 Å². The van der Waals surface area contributed by atoms with Gasteiger partial charge in [-0.3, -0.25) is 9.48 Å². The van der Waals surface area contributed by atoms with Gasteiger partial charge < -0.3 is 19.9 Å². The van der Waals surface area contributed by atoms with Crippen LogP contribution in [0.5, 0.6) is 0 Å². The number of carbonyl (C=O) groups excluding carboxylic acids is 1.